The molecular formula is C19H29ClN2O3. The first-order valence-corrected chi connectivity index (χ1v) is 9.60. The Morgan fingerprint density at radius 1 is 1.40 bits per heavy atom. The van der Waals surface area contributed by atoms with Crippen LogP contribution in [-0.4, -0.2) is 42.9 Å². The van der Waals surface area contributed by atoms with Crippen LogP contribution in [0.2, 0.25) is 5.02 Å². The normalized spacial score (nSPS) is 16.0. The number of hydrogen-bond donors (Lipinski definition) is 3. The zero-order valence-corrected chi connectivity index (χ0v) is 15.6. The van der Waals surface area contributed by atoms with Crippen molar-refractivity contribution in [2.24, 2.45) is 0 Å². The van der Waals surface area contributed by atoms with Gasteiger partial charge in [0, 0.05) is 24.7 Å². The van der Waals surface area contributed by atoms with Crippen molar-refractivity contribution >= 4 is 17.5 Å². The number of benzene rings is 1. The number of nitrogens with one attached hydrogen (secondary N) is 2. The van der Waals surface area contributed by atoms with Crippen LogP contribution in [-0.2, 0) is 0 Å². The summed E-state index contributed by atoms with van der Waals surface area (Å²) in [6, 6.07) is 5.48. The molecule has 0 heterocycles. The maximum Gasteiger partial charge on any atom is 0.251 e. The number of rotatable bonds is 10. The molecule has 25 heavy (non-hydrogen) atoms. The highest BCUT2D eigenvalue weighted by atomic mass is 35.5. The third-order valence-electron chi connectivity index (χ3n) is 4.44. The maximum atomic E-state index is 12.0. The zero-order chi connectivity index (χ0) is 18.1. The van der Waals surface area contributed by atoms with Gasteiger partial charge in [-0.05, 0) is 37.5 Å². The van der Waals surface area contributed by atoms with Crippen LogP contribution in [0.3, 0.4) is 0 Å². The van der Waals surface area contributed by atoms with Gasteiger partial charge in [-0.2, -0.15) is 0 Å². The van der Waals surface area contributed by atoms with Crippen molar-refractivity contribution in [3.05, 3.63) is 28.8 Å². The van der Waals surface area contributed by atoms with Crippen LogP contribution in [0.5, 0.6) is 5.75 Å². The largest absolute Gasteiger partial charge is 0.489 e. The summed E-state index contributed by atoms with van der Waals surface area (Å²) in [5.74, 6) is 0.342. The molecule has 1 fully saturated rings. The van der Waals surface area contributed by atoms with Crippen LogP contribution < -0.4 is 15.4 Å². The van der Waals surface area contributed by atoms with Gasteiger partial charge in [0.1, 0.15) is 18.5 Å². The van der Waals surface area contributed by atoms with E-state index in [2.05, 4.69) is 17.6 Å². The fourth-order valence-corrected chi connectivity index (χ4v) is 3.15. The molecule has 0 aliphatic heterocycles. The zero-order valence-electron chi connectivity index (χ0n) is 14.9. The van der Waals surface area contributed by atoms with Crippen LogP contribution in [0.25, 0.3) is 0 Å². The first-order chi connectivity index (χ1) is 12.1. The number of ether oxygens (including phenoxy) is 1. The lowest BCUT2D eigenvalue weighted by Gasteiger charge is -2.17. The second kappa shape index (κ2) is 10.6. The lowest BCUT2D eigenvalue weighted by molar-refractivity contribution is 0.0952. The van der Waals surface area contributed by atoms with Crippen molar-refractivity contribution in [3.8, 4) is 5.75 Å². The smallest absolute Gasteiger partial charge is 0.251 e. The Morgan fingerprint density at radius 2 is 2.16 bits per heavy atom. The molecule has 1 amide bonds. The van der Waals surface area contributed by atoms with Crippen molar-refractivity contribution in [1.29, 1.82) is 0 Å². The highest BCUT2D eigenvalue weighted by molar-refractivity contribution is 6.32. The molecule has 1 saturated carbocycles. The third-order valence-corrected chi connectivity index (χ3v) is 4.73. The Bertz CT molecular complexity index is 547. The van der Waals surface area contributed by atoms with Gasteiger partial charge in [-0.15, -0.1) is 0 Å². The Kier molecular flexibility index (Phi) is 8.52. The summed E-state index contributed by atoms with van der Waals surface area (Å²) in [7, 11) is 0. The Balaban J connectivity index is 1.76. The summed E-state index contributed by atoms with van der Waals surface area (Å²) in [6.45, 7) is 3.42. The molecular weight excluding hydrogens is 340 g/mol. The minimum atomic E-state index is -0.589. The van der Waals surface area contributed by atoms with Gasteiger partial charge in [0.15, 0.2) is 0 Å². The summed E-state index contributed by atoms with van der Waals surface area (Å²) in [6.07, 6.45) is 6.28. The monoisotopic (exact) mass is 368 g/mol. The van der Waals surface area contributed by atoms with Gasteiger partial charge < -0.3 is 20.5 Å². The van der Waals surface area contributed by atoms with E-state index in [0.29, 0.717) is 35.5 Å². The first kappa shape index (κ1) is 20.0. The summed E-state index contributed by atoms with van der Waals surface area (Å²) in [4.78, 5) is 12.0. The molecule has 0 bridgehead atoms. The van der Waals surface area contributed by atoms with Gasteiger partial charge in [-0.1, -0.05) is 37.8 Å². The Labute approximate surface area is 155 Å². The summed E-state index contributed by atoms with van der Waals surface area (Å²) in [5, 5.41) is 16.6. The van der Waals surface area contributed by atoms with Crippen LogP contribution in [0.4, 0.5) is 0 Å². The number of hydrogen-bond acceptors (Lipinski definition) is 4. The molecule has 5 nitrogen and oxygen atoms in total. The average molecular weight is 369 g/mol. The fourth-order valence-electron chi connectivity index (χ4n) is 2.92. The first-order valence-electron chi connectivity index (χ1n) is 9.22. The fraction of sp³-hybridized carbons (Fsp3) is 0.632. The lowest BCUT2D eigenvalue weighted by Crippen LogP contribution is -2.36. The molecule has 1 atom stereocenters. The summed E-state index contributed by atoms with van der Waals surface area (Å²) >= 11 is 6.20. The van der Waals surface area contributed by atoms with Gasteiger partial charge in [-0.3, -0.25) is 4.79 Å². The van der Waals surface area contributed by atoms with E-state index in [0.717, 1.165) is 12.8 Å². The van der Waals surface area contributed by atoms with Crippen LogP contribution >= 0.6 is 11.6 Å². The molecule has 0 spiro atoms. The van der Waals surface area contributed by atoms with Crippen LogP contribution in [0.15, 0.2) is 18.2 Å². The lowest BCUT2D eigenvalue weighted by atomic mass is 10.2. The summed E-state index contributed by atoms with van der Waals surface area (Å²) < 4.78 is 5.59. The van der Waals surface area contributed by atoms with Gasteiger partial charge in [-0.25, -0.2) is 0 Å². The van der Waals surface area contributed by atoms with Crippen molar-refractivity contribution in [3.63, 3.8) is 0 Å². The number of amides is 1. The highest BCUT2D eigenvalue weighted by Gasteiger charge is 2.16. The molecule has 1 aromatic carbocycles. The van der Waals surface area contributed by atoms with Crippen molar-refractivity contribution in [2.45, 2.75) is 57.6 Å². The predicted molar refractivity (Wildman–Crippen MR) is 100 cm³/mol. The molecule has 140 valence electrons. The number of unbranched alkanes of at least 4 members (excludes halogenated alkanes) is 1. The average Bonchev–Trinajstić information content (AvgIpc) is 3.12. The topological polar surface area (TPSA) is 70.6 Å². The Morgan fingerprint density at radius 3 is 2.84 bits per heavy atom. The van der Waals surface area contributed by atoms with Gasteiger partial charge in [0.25, 0.3) is 5.91 Å². The number of aliphatic hydroxyl groups excluding tert-OH is 1. The van der Waals surface area contributed by atoms with E-state index in [1.807, 2.05) is 0 Å². The second-order valence-corrected chi connectivity index (χ2v) is 7.02. The number of aliphatic hydroxyl groups is 1. The minimum Gasteiger partial charge on any atom is -0.489 e. The molecule has 1 unspecified atom stereocenters. The Hall–Kier alpha value is -1.30. The highest BCUT2D eigenvalue weighted by Crippen LogP contribution is 2.25. The van der Waals surface area contributed by atoms with Gasteiger partial charge in [0.05, 0.1) is 5.02 Å². The molecule has 0 saturated heterocycles. The van der Waals surface area contributed by atoms with E-state index in [1.54, 1.807) is 18.2 Å². The van der Waals surface area contributed by atoms with Crippen LogP contribution in [0.1, 0.15) is 55.8 Å². The number of halogens is 1. The third kappa shape index (κ3) is 6.84. The predicted octanol–water partition coefficient (Wildman–Crippen LogP) is 3.14. The molecule has 2 rings (SSSR count). The standard InChI is InChI=1S/C19H29ClN2O3/c1-2-3-10-21-19(24)14-8-9-18(17(20)11-14)25-13-16(23)12-22-15-6-4-5-7-15/h8-9,11,15-16,22-23H,2-7,10,12-13H2,1H3,(H,21,24). The molecule has 1 aliphatic rings. The van der Waals surface area contributed by atoms with Crippen molar-refractivity contribution in [1.82, 2.24) is 10.6 Å². The molecule has 3 N–H and O–H groups in total. The summed E-state index contributed by atoms with van der Waals surface area (Å²) in [5.41, 5.74) is 0.511. The van der Waals surface area contributed by atoms with E-state index in [9.17, 15) is 9.90 Å². The molecule has 0 radical (unpaired) electrons. The number of carbonyl (C=O) groups excluding carboxylic acids is 1. The molecule has 1 aliphatic carbocycles. The van der Waals surface area contributed by atoms with Crippen LogP contribution in [0, 0.1) is 0 Å². The quantitative estimate of drug-likeness (QED) is 0.555. The SMILES string of the molecule is CCCCNC(=O)c1ccc(OCC(O)CNC2CCCC2)c(Cl)c1. The van der Waals surface area contributed by atoms with E-state index < -0.39 is 6.10 Å². The minimum absolute atomic E-state index is 0.136. The second-order valence-electron chi connectivity index (χ2n) is 6.61. The van der Waals surface area contributed by atoms with E-state index in [4.69, 9.17) is 16.3 Å². The van der Waals surface area contributed by atoms with Gasteiger partial charge >= 0.3 is 0 Å². The van der Waals surface area contributed by atoms with E-state index in [1.165, 1.54) is 25.7 Å². The number of carbonyl (C=O) groups is 1. The van der Waals surface area contributed by atoms with Crippen molar-refractivity contribution in [2.75, 3.05) is 19.7 Å². The van der Waals surface area contributed by atoms with E-state index in [-0.39, 0.29) is 12.5 Å². The molecule has 1 aromatic rings. The molecule has 6 heteroatoms. The van der Waals surface area contributed by atoms with E-state index >= 15 is 0 Å². The molecule has 0 aromatic heterocycles. The maximum absolute atomic E-state index is 12.0. The van der Waals surface area contributed by atoms with Gasteiger partial charge in [0.2, 0.25) is 0 Å². The van der Waals surface area contributed by atoms with Crippen molar-refractivity contribution < 1.29 is 14.6 Å².